The van der Waals surface area contributed by atoms with E-state index in [0.717, 1.165) is 16.6 Å². The van der Waals surface area contributed by atoms with E-state index < -0.39 is 37.8 Å². The first-order valence-electron chi connectivity index (χ1n) is 17.3. The highest BCUT2D eigenvalue weighted by atomic mass is 32.2. The molecule has 12 nitrogen and oxygen atoms in total. The lowest BCUT2D eigenvalue weighted by molar-refractivity contribution is -0.384. The summed E-state index contributed by atoms with van der Waals surface area (Å²) in [4.78, 5) is 28.9. The van der Waals surface area contributed by atoms with Crippen LogP contribution in [0.3, 0.4) is 0 Å². The van der Waals surface area contributed by atoms with Crippen LogP contribution in [0, 0.1) is 10.1 Å². The fourth-order valence-electron chi connectivity index (χ4n) is 6.13. The first-order valence-corrected chi connectivity index (χ1v) is 19.7. The Morgan fingerprint density at radius 3 is 2.29 bits per heavy atom. The minimum atomic E-state index is -4.87. The van der Waals surface area contributed by atoms with Crippen LogP contribution in [0.2, 0.25) is 0 Å². The van der Waals surface area contributed by atoms with E-state index >= 15 is 0 Å². The Labute approximate surface area is 325 Å². The third kappa shape index (κ3) is 10.7. The van der Waals surface area contributed by atoms with Crippen molar-refractivity contribution in [2.75, 3.05) is 48.7 Å². The van der Waals surface area contributed by atoms with Crippen molar-refractivity contribution in [2.24, 2.45) is 0 Å². The van der Waals surface area contributed by atoms with Gasteiger partial charge >= 0.3 is 6.36 Å². The highest BCUT2D eigenvalue weighted by Crippen LogP contribution is 2.32. The zero-order valence-corrected chi connectivity index (χ0v) is 31.2. The van der Waals surface area contributed by atoms with E-state index in [1.807, 2.05) is 35.1 Å². The first kappa shape index (κ1) is 39.9. The van der Waals surface area contributed by atoms with Crippen molar-refractivity contribution < 1.29 is 41.2 Å². The first-order chi connectivity index (χ1) is 26.7. The number of piperazine rings is 1. The van der Waals surface area contributed by atoms with Crippen molar-refractivity contribution in [3.8, 4) is 22.6 Å². The molecule has 1 fully saturated rings. The van der Waals surface area contributed by atoms with Crippen LogP contribution >= 0.6 is 11.8 Å². The van der Waals surface area contributed by atoms with Gasteiger partial charge in [0, 0.05) is 67.2 Å². The molecule has 0 saturated carbocycles. The number of amides is 1. The second-order valence-electron chi connectivity index (χ2n) is 12.7. The maximum atomic E-state index is 13.1. The van der Waals surface area contributed by atoms with Crippen LogP contribution in [0.25, 0.3) is 11.1 Å². The van der Waals surface area contributed by atoms with Gasteiger partial charge in [-0.1, -0.05) is 30.3 Å². The Hall–Kier alpha value is -5.78. The number of ether oxygens (including phenoxy) is 1. The largest absolute Gasteiger partial charge is 0.573 e. The molecule has 0 aromatic heterocycles. The van der Waals surface area contributed by atoms with Gasteiger partial charge in [-0.25, -0.2) is 13.1 Å². The summed E-state index contributed by atoms with van der Waals surface area (Å²) in [5.74, 6) is -0.682. The maximum absolute atomic E-state index is 13.1. The summed E-state index contributed by atoms with van der Waals surface area (Å²) >= 11 is 1.56. The van der Waals surface area contributed by atoms with Crippen molar-refractivity contribution in [2.45, 2.75) is 22.7 Å². The van der Waals surface area contributed by atoms with Gasteiger partial charge in [0.25, 0.3) is 21.6 Å². The number of nitro groups is 1. The van der Waals surface area contributed by atoms with Crippen LogP contribution in [0.15, 0.2) is 125 Å². The van der Waals surface area contributed by atoms with Gasteiger partial charge in [-0.2, -0.15) is 0 Å². The number of rotatable bonds is 14. The summed E-state index contributed by atoms with van der Waals surface area (Å²) < 4.78 is 71.8. The number of phenolic OH excluding ortho intramolecular Hbond substituents is 1. The molecule has 1 aliphatic heterocycles. The molecule has 0 radical (unpaired) electrons. The molecule has 1 heterocycles. The second-order valence-corrected chi connectivity index (χ2v) is 15.6. The van der Waals surface area contributed by atoms with E-state index in [4.69, 9.17) is 0 Å². The fourth-order valence-corrected chi connectivity index (χ4v) is 7.92. The summed E-state index contributed by atoms with van der Waals surface area (Å²) in [6.45, 7) is 3.00. The molecule has 17 heteroatoms. The van der Waals surface area contributed by atoms with Crippen LogP contribution in [0.5, 0.6) is 11.5 Å². The molecular weight excluding hydrogens is 772 g/mol. The van der Waals surface area contributed by atoms with Crippen molar-refractivity contribution >= 4 is 44.8 Å². The Balaban J connectivity index is 1.04. The predicted octanol–water partition coefficient (Wildman–Crippen LogP) is 7.51. The number of thioether (sulfide) groups is 1. The SMILES string of the molecule is O=C(NS(=O)(=O)c1ccc(NCCSc2ccccc2)c([N+](=O)[O-])c1)c1ccc(N2CCN(Cc3cc(OC(F)(F)F)cc(-c4cccc(O)c4)c3)CC2)cc1. The number of halogens is 3. The second kappa shape index (κ2) is 17.3. The van der Waals surface area contributed by atoms with Crippen LogP contribution in [0.4, 0.5) is 30.2 Å². The smallest absolute Gasteiger partial charge is 0.508 e. The van der Waals surface area contributed by atoms with E-state index in [9.17, 15) is 41.6 Å². The molecule has 0 aliphatic carbocycles. The number of nitro benzene ring substituents is 1. The Morgan fingerprint density at radius 1 is 0.875 bits per heavy atom. The molecule has 1 saturated heterocycles. The monoisotopic (exact) mass is 807 g/mol. The number of nitrogens with one attached hydrogen (secondary N) is 2. The van der Waals surface area contributed by atoms with Crippen LogP contribution in [-0.4, -0.2) is 74.1 Å². The molecule has 6 rings (SSSR count). The summed E-state index contributed by atoms with van der Waals surface area (Å²) in [5.41, 5.74) is 2.13. The van der Waals surface area contributed by atoms with Gasteiger partial charge < -0.3 is 20.1 Å². The molecule has 1 amide bonds. The minimum Gasteiger partial charge on any atom is -0.508 e. The Bertz CT molecular complexity index is 2290. The lowest BCUT2D eigenvalue weighted by atomic mass is 10.0. The molecule has 56 heavy (non-hydrogen) atoms. The van der Waals surface area contributed by atoms with Crippen LogP contribution in [0.1, 0.15) is 15.9 Å². The molecule has 0 unspecified atom stereocenters. The van der Waals surface area contributed by atoms with Crippen molar-refractivity contribution in [3.05, 3.63) is 137 Å². The predicted molar refractivity (Wildman–Crippen MR) is 208 cm³/mol. The zero-order chi connectivity index (χ0) is 39.9. The molecule has 292 valence electrons. The topological polar surface area (TPSA) is 154 Å². The maximum Gasteiger partial charge on any atom is 0.573 e. The molecular formula is C39H36F3N5O7S2. The number of alkyl halides is 3. The number of carbonyl (C=O) groups is 1. The van der Waals surface area contributed by atoms with Crippen molar-refractivity contribution in [1.82, 2.24) is 9.62 Å². The van der Waals surface area contributed by atoms with Gasteiger partial charge in [0.05, 0.1) is 9.82 Å². The molecule has 0 bridgehead atoms. The van der Waals surface area contributed by atoms with Crippen LogP contribution in [-0.2, 0) is 16.6 Å². The van der Waals surface area contributed by atoms with E-state index in [2.05, 4.69) is 19.9 Å². The van der Waals surface area contributed by atoms with Gasteiger partial charge in [0.2, 0.25) is 0 Å². The number of aromatic hydroxyl groups is 1. The summed E-state index contributed by atoms with van der Waals surface area (Å²) in [5, 5.41) is 24.7. The normalized spacial score (nSPS) is 13.6. The van der Waals surface area contributed by atoms with E-state index in [-0.39, 0.29) is 22.7 Å². The number of nitrogens with zero attached hydrogens (tertiary/aromatic N) is 3. The van der Waals surface area contributed by atoms with E-state index in [1.165, 1.54) is 48.5 Å². The standard InChI is InChI=1S/C39H36F3N5O7S2/c40-39(41,42)54-33-22-27(21-30(24-33)29-5-4-6-32(48)23-29)26-45-16-18-46(19-17-45)31-11-9-28(10-12-31)38(49)44-56(52,53)35-13-14-36(37(25-35)47(50)51)43-15-20-55-34-7-2-1-3-8-34/h1-14,21-25,43,48H,15-20,26H2,(H,44,49). The van der Waals surface area contributed by atoms with Crippen LogP contribution < -0.4 is 19.7 Å². The van der Waals surface area contributed by atoms with E-state index in [1.54, 1.807) is 42.1 Å². The summed E-state index contributed by atoms with van der Waals surface area (Å²) in [6, 6.07) is 29.9. The van der Waals surface area contributed by atoms with Gasteiger partial charge in [0.1, 0.15) is 17.2 Å². The fraction of sp³-hybridized carbons (Fsp3) is 0.205. The number of benzene rings is 5. The van der Waals surface area contributed by atoms with Crippen molar-refractivity contribution in [1.29, 1.82) is 0 Å². The molecule has 3 N–H and O–H groups in total. The van der Waals surface area contributed by atoms with Crippen molar-refractivity contribution in [3.63, 3.8) is 0 Å². The number of phenols is 1. The Kier molecular flexibility index (Phi) is 12.4. The number of hydrogen-bond donors (Lipinski definition) is 3. The number of carbonyl (C=O) groups excluding carboxylic acids is 1. The summed E-state index contributed by atoms with van der Waals surface area (Å²) in [7, 11) is -4.46. The quantitative estimate of drug-likeness (QED) is 0.0442. The average molecular weight is 808 g/mol. The van der Waals surface area contributed by atoms with Gasteiger partial charge in [-0.3, -0.25) is 19.8 Å². The minimum absolute atomic E-state index is 0.0197. The number of hydrogen-bond acceptors (Lipinski definition) is 11. The lowest BCUT2D eigenvalue weighted by Gasteiger charge is -2.36. The number of anilines is 2. The molecule has 5 aromatic carbocycles. The Morgan fingerprint density at radius 2 is 1.61 bits per heavy atom. The van der Waals surface area contributed by atoms with Gasteiger partial charge in [-0.05, 0) is 95.6 Å². The zero-order valence-electron chi connectivity index (χ0n) is 29.6. The van der Waals surface area contributed by atoms with Gasteiger partial charge in [-0.15, -0.1) is 24.9 Å². The van der Waals surface area contributed by atoms with Gasteiger partial charge in [0.15, 0.2) is 0 Å². The highest BCUT2D eigenvalue weighted by Gasteiger charge is 2.31. The molecule has 1 aliphatic rings. The molecule has 0 spiro atoms. The third-order valence-electron chi connectivity index (χ3n) is 8.79. The third-order valence-corrected chi connectivity index (χ3v) is 11.1. The molecule has 0 atom stereocenters. The average Bonchev–Trinajstić information content (AvgIpc) is 3.16. The van der Waals surface area contributed by atoms with E-state index in [0.29, 0.717) is 61.7 Å². The lowest BCUT2D eigenvalue weighted by Crippen LogP contribution is -2.46. The summed E-state index contributed by atoms with van der Waals surface area (Å²) in [6.07, 6.45) is -4.87. The number of sulfonamides is 1. The highest BCUT2D eigenvalue weighted by molar-refractivity contribution is 7.99. The molecule has 5 aromatic rings.